The first-order valence-corrected chi connectivity index (χ1v) is 10.6. The number of benzene rings is 3. The molecule has 1 unspecified atom stereocenters. The number of hydrogen-bond donors (Lipinski definition) is 1. The number of fused-ring (bicyclic) bond motifs is 2. The van der Waals surface area contributed by atoms with Gasteiger partial charge < -0.3 is 10.1 Å². The number of nitrogens with zero attached hydrogens (tertiary/aromatic N) is 4. The molecule has 1 amide bonds. The van der Waals surface area contributed by atoms with E-state index in [0.29, 0.717) is 11.3 Å². The van der Waals surface area contributed by atoms with Gasteiger partial charge in [0.2, 0.25) is 0 Å². The van der Waals surface area contributed by atoms with Gasteiger partial charge in [-0.15, -0.1) is 5.10 Å². The molecular formula is C25H17N5O5. The Labute approximate surface area is 198 Å². The number of carbonyl (C=O) groups excluding carboxylic acids is 4. The number of nitrogens with one attached hydrogen (secondary N) is 1. The van der Waals surface area contributed by atoms with Crippen molar-refractivity contribution in [1.82, 2.24) is 20.2 Å². The number of amides is 1. The van der Waals surface area contributed by atoms with E-state index in [2.05, 4.69) is 20.8 Å². The van der Waals surface area contributed by atoms with E-state index in [4.69, 9.17) is 4.74 Å². The third kappa shape index (κ3) is 3.97. The third-order valence-corrected chi connectivity index (χ3v) is 5.56. The minimum absolute atomic E-state index is 0.109. The summed E-state index contributed by atoms with van der Waals surface area (Å²) in [6.45, 7) is 1.41. The molecule has 1 atom stereocenters. The van der Waals surface area contributed by atoms with Gasteiger partial charge in [0, 0.05) is 16.7 Å². The molecule has 0 saturated carbocycles. The second kappa shape index (κ2) is 8.75. The quantitative estimate of drug-likeness (QED) is 0.390. The van der Waals surface area contributed by atoms with Crippen molar-refractivity contribution in [2.75, 3.05) is 5.32 Å². The van der Waals surface area contributed by atoms with Crippen molar-refractivity contribution in [1.29, 1.82) is 0 Å². The monoisotopic (exact) mass is 467 g/mol. The van der Waals surface area contributed by atoms with Crippen LogP contribution in [0.3, 0.4) is 0 Å². The lowest BCUT2D eigenvalue weighted by atomic mass is 9.83. The van der Waals surface area contributed by atoms with Crippen molar-refractivity contribution >= 4 is 29.1 Å². The van der Waals surface area contributed by atoms with Gasteiger partial charge in [-0.2, -0.15) is 0 Å². The lowest BCUT2D eigenvalue weighted by Gasteiger charge is -2.21. The molecule has 1 heterocycles. The molecule has 0 fully saturated rings. The molecule has 10 heteroatoms. The molecule has 3 aromatic carbocycles. The van der Waals surface area contributed by atoms with Crippen LogP contribution in [0.25, 0.3) is 5.69 Å². The topological polar surface area (TPSA) is 133 Å². The molecule has 10 nitrogen and oxygen atoms in total. The van der Waals surface area contributed by atoms with Gasteiger partial charge in [0.1, 0.15) is 6.33 Å². The van der Waals surface area contributed by atoms with E-state index in [-0.39, 0.29) is 39.5 Å². The molecule has 0 aliphatic heterocycles. The Bertz CT molecular complexity index is 1500. The molecule has 172 valence electrons. The Hall–Kier alpha value is -4.99. The standard InChI is InChI=1S/C25H17N5O5/c1-14(35-25(34)15-6-4-7-16(12-15)30-13-26-28-29-30)24(33)27-20-11-5-10-19-21(20)23(32)18-9-3-2-8-17(18)22(19)31/h2-14H,1H3,(H,27,33). The maximum atomic E-state index is 13.1. The summed E-state index contributed by atoms with van der Waals surface area (Å²) in [5.41, 5.74) is 1.82. The number of anilines is 1. The van der Waals surface area contributed by atoms with Crippen LogP contribution in [0.15, 0.2) is 73.1 Å². The van der Waals surface area contributed by atoms with E-state index < -0.39 is 18.0 Å². The molecule has 0 saturated heterocycles. The van der Waals surface area contributed by atoms with E-state index in [9.17, 15) is 19.2 Å². The SMILES string of the molecule is CC(OC(=O)c1cccc(-n2cnnn2)c1)C(=O)Nc1cccc2c1C(=O)c1ccccc1C2=O. The van der Waals surface area contributed by atoms with E-state index in [1.54, 1.807) is 48.5 Å². The van der Waals surface area contributed by atoms with Gasteiger partial charge in [0.25, 0.3) is 5.91 Å². The second-order valence-corrected chi connectivity index (χ2v) is 7.77. The molecule has 1 aliphatic carbocycles. The summed E-state index contributed by atoms with van der Waals surface area (Å²) in [4.78, 5) is 51.5. The van der Waals surface area contributed by atoms with Gasteiger partial charge in [-0.05, 0) is 41.6 Å². The smallest absolute Gasteiger partial charge is 0.338 e. The number of hydrogen-bond acceptors (Lipinski definition) is 8. The van der Waals surface area contributed by atoms with Crippen molar-refractivity contribution in [2.45, 2.75) is 13.0 Å². The zero-order valence-electron chi connectivity index (χ0n) is 18.3. The van der Waals surface area contributed by atoms with E-state index >= 15 is 0 Å². The largest absolute Gasteiger partial charge is 0.449 e. The van der Waals surface area contributed by atoms with Crippen molar-refractivity contribution in [3.63, 3.8) is 0 Å². The lowest BCUT2D eigenvalue weighted by molar-refractivity contribution is -0.123. The van der Waals surface area contributed by atoms with Crippen LogP contribution in [0.5, 0.6) is 0 Å². The fourth-order valence-corrected chi connectivity index (χ4v) is 3.82. The maximum Gasteiger partial charge on any atom is 0.338 e. The van der Waals surface area contributed by atoms with E-state index in [1.807, 2.05) is 0 Å². The van der Waals surface area contributed by atoms with Crippen LogP contribution in [0.4, 0.5) is 5.69 Å². The summed E-state index contributed by atoms with van der Waals surface area (Å²) in [5, 5.41) is 13.5. The summed E-state index contributed by atoms with van der Waals surface area (Å²) in [6.07, 6.45) is 0.197. The van der Waals surface area contributed by atoms with Crippen molar-refractivity contribution < 1.29 is 23.9 Å². The molecule has 0 spiro atoms. The minimum Gasteiger partial charge on any atom is -0.449 e. The lowest BCUT2D eigenvalue weighted by Crippen LogP contribution is -2.31. The predicted octanol–water partition coefficient (Wildman–Crippen LogP) is 2.62. The van der Waals surface area contributed by atoms with Crippen LogP contribution in [-0.4, -0.2) is 49.8 Å². The summed E-state index contributed by atoms with van der Waals surface area (Å²) < 4.78 is 6.70. The third-order valence-electron chi connectivity index (χ3n) is 5.56. The number of ketones is 2. The second-order valence-electron chi connectivity index (χ2n) is 7.77. The normalized spacial score (nSPS) is 12.9. The van der Waals surface area contributed by atoms with Crippen LogP contribution in [0.2, 0.25) is 0 Å². The highest BCUT2D eigenvalue weighted by Gasteiger charge is 2.32. The van der Waals surface area contributed by atoms with Gasteiger partial charge in [-0.1, -0.05) is 42.5 Å². The van der Waals surface area contributed by atoms with Crippen LogP contribution >= 0.6 is 0 Å². The number of ether oxygens (including phenoxy) is 1. The summed E-state index contributed by atoms with van der Waals surface area (Å²) in [7, 11) is 0. The van der Waals surface area contributed by atoms with Gasteiger partial charge >= 0.3 is 5.97 Å². The fourth-order valence-electron chi connectivity index (χ4n) is 3.82. The van der Waals surface area contributed by atoms with Gasteiger partial charge in [0.05, 0.1) is 22.5 Å². The van der Waals surface area contributed by atoms with Crippen molar-refractivity contribution in [3.8, 4) is 5.69 Å². The van der Waals surface area contributed by atoms with Crippen LogP contribution in [-0.2, 0) is 9.53 Å². The zero-order chi connectivity index (χ0) is 24.5. The molecule has 35 heavy (non-hydrogen) atoms. The Morgan fingerprint density at radius 2 is 1.63 bits per heavy atom. The molecule has 4 aromatic rings. The predicted molar refractivity (Wildman–Crippen MR) is 122 cm³/mol. The minimum atomic E-state index is -1.18. The highest BCUT2D eigenvalue weighted by atomic mass is 16.5. The van der Waals surface area contributed by atoms with E-state index in [0.717, 1.165) is 0 Å². The molecule has 0 radical (unpaired) electrons. The zero-order valence-corrected chi connectivity index (χ0v) is 18.3. The fraction of sp³-hybridized carbons (Fsp3) is 0.0800. The first-order chi connectivity index (χ1) is 16.9. The molecule has 5 rings (SSSR count). The number of rotatable bonds is 5. The Morgan fingerprint density at radius 1 is 0.914 bits per heavy atom. The highest BCUT2D eigenvalue weighted by Crippen LogP contribution is 2.32. The molecule has 0 bridgehead atoms. The summed E-state index contributed by atoms with van der Waals surface area (Å²) >= 11 is 0. The Morgan fingerprint density at radius 3 is 2.37 bits per heavy atom. The van der Waals surface area contributed by atoms with Gasteiger partial charge in [-0.3, -0.25) is 14.4 Å². The summed E-state index contributed by atoms with van der Waals surface area (Å²) in [6, 6.07) is 17.6. The number of aromatic nitrogens is 4. The highest BCUT2D eigenvalue weighted by molar-refractivity contribution is 6.30. The van der Waals surface area contributed by atoms with Gasteiger partial charge in [0.15, 0.2) is 17.7 Å². The number of carbonyl (C=O) groups is 4. The van der Waals surface area contributed by atoms with Crippen molar-refractivity contribution in [3.05, 3.63) is 101 Å². The first-order valence-electron chi connectivity index (χ1n) is 10.6. The maximum absolute atomic E-state index is 13.1. The number of tetrazole rings is 1. The van der Waals surface area contributed by atoms with Gasteiger partial charge in [-0.25, -0.2) is 9.48 Å². The van der Waals surface area contributed by atoms with Crippen molar-refractivity contribution in [2.24, 2.45) is 0 Å². The van der Waals surface area contributed by atoms with Crippen LogP contribution in [0.1, 0.15) is 49.1 Å². The average Bonchev–Trinajstić information content (AvgIpc) is 3.42. The average molecular weight is 467 g/mol. The molecule has 1 N–H and O–H groups in total. The molecule has 1 aromatic heterocycles. The van der Waals surface area contributed by atoms with E-state index in [1.165, 1.54) is 36.1 Å². The summed E-state index contributed by atoms with van der Waals surface area (Å²) in [5.74, 6) is -2.04. The van der Waals surface area contributed by atoms with Crippen LogP contribution in [0, 0.1) is 0 Å². The molecule has 1 aliphatic rings. The first kappa shape index (κ1) is 21.8. The number of esters is 1. The Balaban J connectivity index is 1.34. The Kier molecular flexibility index (Phi) is 5.46. The van der Waals surface area contributed by atoms with Crippen LogP contribution < -0.4 is 5.32 Å². The molecular weight excluding hydrogens is 450 g/mol.